The second-order valence-corrected chi connectivity index (χ2v) is 1.45. The summed E-state index contributed by atoms with van der Waals surface area (Å²) < 4.78 is 9.58. The Labute approximate surface area is 54.8 Å². The molecule has 3 heteroatoms. The van der Waals surface area contributed by atoms with E-state index in [2.05, 4.69) is 12.2 Å². The Morgan fingerprint density at radius 2 is 1.62 bits per heavy atom. The fourth-order valence-electron chi connectivity index (χ4n) is 0.277. The van der Waals surface area contributed by atoms with Gasteiger partial charge in [0.15, 0.2) is 0 Å². The van der Waals surface area contributed by atoms with E-state index in [1.54, 1.807) is 0 Å². The fourth-order valence-corrected chi connectivity index (χ4v) is 0.513. The van der Waals surface area contributed by atoms with Crippen molar-refractivity contribution in [3.05, 3.63) is 0 Å². The van der Waals surface area contributed by atoms with Crippen molar-refractivity contribution in [2.45, 2.75) is 13.8 Å². The number of hydrogen-bond donors (Lipinski definition) is 0. The Morgan fingerprint density at radius 3 is 1.88 bits per heavy atom. The topological polar surface area (TPSA) is 18.5 Å². The van der Waals surface area contributed by atoms with Crippen LogP contribution >= 0.6 is 12.2 Å². The summed E-state index contributed by atoms with van der Waals surface area (Å²) in [4.78, 5) is 0. The van der Waals surface area contributed by atoms with Crippen LogP contribution in [0.5, 0.6) is 0 Å². The van der Waals surface area contributed by atoms with Crippen LogP contribution in [-0.2, 0) is 9.47 Å². The molecule has 0 bridgehead atoms. The maximum atomic E-state index is 4.79. The molecule has 0 saturated heterocycles. The Hall–Kier alpha value is -0.310. The van der Waals surface area contributed by atoms with Crippen molar-refractivity contribution in [1.29, 1.82) is 0 Å². The maximum absolute atomic E-state index is 4.79. The van der Waals surface area contributed by atoms with E-state index in [0.717, 1.165) is 0 Å². The van der Waals surface area contributed by atoms with Crippen molar-refractivity contribution in [3.8, 4) is 0 Å². The third-order valence-electron chi connectivity index (χ3n) is 0.524. The monoisotopic (exact) mass is 134 g/mol. The smallest absolute Gasteiger partial charge is 0.352 e. The van der Waals surface area contributed by atoms with Gasteiger partial charge in [-0.15, -0.1) is 0 Å². The minimum absolute atomic E-state index is 0.245. The minimum Gasteiger partial charge on any atom is -0.457 e. The molecule has 0 aromatic carbocycles. The van der Waals surface area contributed by atoms with Gasteiger partial charge < -0.3 is 9.47 Å². The summed E-state index contributed by atoms with van der Waals surface area (Å²) in [5, 5.41) is 0.245. The lowest BCUT2D eigenvalue weighted by Crippen LogP contribution is -2.05. The van der Waals surface area contributed by atoms with Gasteiger partial charge in [-0.25, -0.2) is 0 Å². The summed E-state index contributed by atoms with van der Waals surface area (Å²) in [5.74, 6) is 0. The van der Waals surface area contributed by atoms with Crippen LogP contribution in [-0.4, -0.2) is 18.5 Å². The average molecular weight is 134 g/mol. The lowest BCUT2D eigenvalue weighted by molar-refractivity contribution is 0.194. The lowest BCUT2D eigenvalue weighted by atomic mass is 10.9. The maximum Gasteiger partial charge on any atom is 0.352 e. The molecule has 0 amide bonds. The zero-order valence-corrected chi connectivity index (χ0v) is 5.96. The Kier molecular flexibility index (Phi) is 4.65. The molecule has 8 heavy (non-hydrogen) atoms. The number of thiocarbonyl (C=S) groups is 1. The normalized spacial score (nSPS) is 8.25. The summed E-state index contributed by atoms with van der Waals surface area (Å²) in [6.45, 7) is 4.90. The van der Waals surface area contributed by atoms with Crippen LogP contribution in [0.15, 0.2) is 0 Å². The predicted molar refractivity (Wildman–Crippen MR) is 35.9 cm³/mol. The van der Waals surface area contributed by atoms with Crippen LogP contribution in [0.25, 0.3) is 0 Å². The first-order valence-corrected chi connectivity index (χ1v) is 3.01. The minimum atomic E-state index is 0.245. The second-order valence-electron chi connectivity index (χ2n) is 1.12. The van der Waals surface area contributed by atoms with Crippen LogP contribution in [0, 0.1) is 0 Å². The largest absolute Gasteiger partial charge is 0.457 e. The van der Waals surface area contributed by atoms with Gasteiger partial charge in [-0.2, -0.15) is 0 Å². The van der Waals surface area contributed by atoms with Gasteiger partial charge in [-0.1, -0.05) is 0 Å². The quantitative estimate of drug-likeness (QED) is 0.531. The van der Waals surface area contributed by atoms with Gasteiger partial charge in [-0.3, -0.25) is 0 Å². The molecule has 0 aromatic heterocycles. The standard InChI is InChI=1S/C5H10O2S/c1-3-6-5(8)7-4-2/h3-4H2,1-2H3. The number of hydrogen-bond acceptors (Lipinski definition) is 3. The van der Waals surface area contributed by atoms with Gasteiger partial charge in [0, 0.05) is 12.2 Å². The van der Waals surface area contributed by atoms with Gasteiger partial charge >= 0.3 is 5.24 Å². The highest BCUT2D eigenvalue weighted by atomic mass is 32.1. The van der Waals surface area contributed by atoms with Crippen LogP contribution in [0.4, 0.5) is 0 Å². The fraction of sp³-hybridized carbons (Fsp3) is 0.800. The van der Waals surface area contributed by atoms with E-state index in [9.17, 15) is 0 Å². The molecule has 0 spiro atoms. The Balaban J connectivity index is 3.06. The summed E-state index contributed by atoms with van der Waals surface area (Å²) in [6, 6.07) is 0. The van der Waals surface area contributed by atoms with Gasteiger partial charge in [0.2, 0.25) is 0 Å². The predicted octanol–water partition coefficient (Wildman–Crippen LogP) is 1.34. The van der Waals surface area contributed by atoms with E-state index < -0.39 is 0 Å². The lowest BCUT2D eigenvalue weighted by Gasteiger charge is -2.02. The van der Waals surface area contributed by atoms with Crippen LogP contribution < -0.4 is 0 Å². The first kappa shape index (κ1) is 7.69. The molecule has 0 aromatic rings. The molecular formula is C5H10O2S. The first-order chi connectivity index (χ1) is 3.81. The van der Waals surface area contributed by atoms with Crippen molar-refractivity contribution < 1.29 is 9.47 Å². The third-order valence-corrected chi connectivity index (χ3v) is 0.760. The zero-order chi connectivity index (χ0) is 6.41. The van der Waals surface area contributed by atoms with E-state index in [-0.39, 0.29) is 5.24 Å². The number of rotatable bonds is 2. The molecule has 0 atom stereocenters. The Bertz CT molecular complexity index is 64.8. The average Bonchev–Trinajstić information content (AvgIpc) is 1.68. The van der Waals surface area contributed by atoms with Crippen LogP contribution in [0.1, 0.15) is 13.8 Å². The molecule has 0 saturated carbocycles. The van der Waals surface area contributed by atoms with Crippen molar-refractivity contribution in [2.75, 3.05) is 13.2 Å². The summed E-state index contributed by atoms with van der Waals surface area (Å²) in [6.07, 6.45) is 0. The molecule has 0 heterocycles. The molecule has 0 rings (SSSR count). The summed E-state index contributed by atoms with van der Waals surface area (Å²) in [7, 11) is 0. The van der Waals surface area contributed by atoms with E-state index in [1.165, 1.54) is 0 Å². The molecular weight excluding hydrogens is 124 g/mol. The summed E-state index contributed by atoms with van der Waals surface area (Å²) >= 11 is 4.61. The zero-order valence-electron chi connectivity index (χ0n) is 5.14. The first-order valence-electron chi connectivity index (χ1n) is 2.60. The summed E-state index contributed by atoms with van der Waals surface area (Å²) in [5.41, 5.74) is 0. The highest BCUT2D eigenvalue weighted by molar-refractivity contribution is 7.79. The molecule has 0 aliphatic rings. The molecule has 0 N–H and O–H groups in total. The van der Waals surface area contributed by atoms with Crippen molar-refractivity contribution in [3.63, 3.8) is 0 Å². The van der Waals surface area contributed by atoms with Gasteiger partial charge in [0.1, 0.15) is 0 Å². The van der Waals surface area contributed by atoms with E-state index >= 15 is 0 Å². The van der Waals surface area contributed by atoms with Gasteiger partial charge in [-0.05, 0) is 13.8 Å². The van der Waals surface area contributed by atoms with Crippen molar-refractivity contribution >= 4 is 17.5 Å². The van der Waals surface area contributed by atoms with Crippen molar-refractivity contribution in [2.24, 2.45) is 0 Å². The van der Waals surface area contributed by atoms with E-state index in [4.69, 9.17) is 9.47 Å². The third kappa shape index (κ3) is 3.87. The van der Waals surface area contributed by atoms with E-state index in [0.29, 0.717) is 13.2 Å². The van der Waals surface area contributed by atoms with Crippen LogP contribution in [0.3, 0.4) is 0 Å². The highest BCUT2D eigenvalue weighted by Crippen LogP contribution is 1.83. The molecule has 48 valence electrons. The molecule has 2 nitrogen and oxygen atoms in total. The SMILES string of the molecule is CCOC(=S)OCC. The molecule has 0 unspecified atom stereocenters. The highest BCUT2D eigenvalue weighted by Gasteiger charge is 1.90. The van der Waals surface area contributed by atoms with Crippen molar-refractivity contribution in [1.82, 2.24) is 0 Å². The van der Waals surface area contributed by atoms with Gasteiger partial charge in [0.25, 0.3) is 0 Å². The van der Waals surface area contributed by atoms with Crippen LogP contribution in [0.2, 0.25) is 0 Å². The second kappa shape index (κ2) is 4.84. The number of ether oxygens (including phenoxy) is 2. The van der Waals surface area contributed by atoms with E-state index in [1.807, 2.05) is 13.8 Å². The molecule has 0 aliphatic carbocycles. The molecule has 0 aliphatic heterocycles. The molecule has 0 fully saturated rings. The molecule has 0 radical (unpaired) electrons. The van der Waals surface area contributed by atoms with Gasteiger partial charge in [0.05, 0.1) is 13.2 Å². The Morgan fingerprint density at radius 1 is 1.25 bits per heavy atom.